The summed E-state index contributed by atoms with van der Waals surface area (Å²) in [6, 6.07) is 9.00. The maximum Gasteiger partial charge on any atom is 0.267 e. The number of sulfone groups is 1. The number of aryl methyl sites for hydroxylation is 2. The molecule has 3 aromatic rings. The van der Waals surface area contributed by atoms with Gasteiger partial charge < -0.3 is 4.90 Å². The van der Waals surface area contributed by atoms with Gasteiger partial charge >= 0.3 is 0 Å². The van der Waals surface area contributed by atoms with Crippen LogP contribution in [-0.2, 0) is 14.6 Å². The van der Waals surface area contributed by atoms with Crippen molar-refractivity contribution in [3.63, 3.8) is 0 Å². The van der Waals surface area contributed by atoms with Crippen LogP contribution in [0.5, 0.6) is 0 Å². The molecule has 0 N–H and O–H groups in total. The van der Waals surface area contributed by atoms with Gasteiger partial charge in [0.15, 0.2) is 15.0 Å². The molecule has 0 spiro atoms. The van der Waals surface area contributed by atoms with Crippen LogP contribution in [-0.4, -0.2) is 58.6 Å². The highest BCUT2D eigenvalue weighted by molar-refractivity contribution is 7.99. The number of aromatic nitrogens is 2. The molecular weight excluding hydrogens is 466 g/mol. The van der Waals surface area contributed by atoms with Crippen LogP contribution in [0.2, 0.25) is 0 Å². The average molecular weight is 492 g/mol. The predicted molar refractivity (Wildman–Crippen MR) is 130 cm³/mol. The van der Waals surface area contributed by atoms with Crippen molar-refractivity contribution in [2.45, 2.75) is 38.4 Å². The molecule has 3 heterocycles. The monoisotopic (exact) mass is 491 g/mol. The van der Waals surface area contributed by atoms with E-state index >= 15 is 0 Å². The van der Waals surface area contributed by atoms with Crippen LogP contribution in [0.15, 0.2) is 40.3 Å². The van der Waals surface area contributed by atoms with E-state index in [4.69, 9.17) is 4.98 Å². The number of amides is 1. The fourth-order valence-corrected chi connectivity index (χ4v) is 7.75. The number of hydrogen-bond donors (Lipinski definition) is 0. The van der Waals surface area contributed by atoms with E-state index in [0.29, 0.717) is 34.0 Å². The molecular formula is C22H25N3O4S3. The molecule has 2 aromatic heterocycles. The molecule has 0 radical (unpaired) electrons. The minimum atomic E-state index is -3.08. The smallest absolute Gasteiger partial charge is 0.267 e. The first-order valence-corrected chi connectivity index (χ1v) is 14.0. The highest BCUT2D eigenvalue weighted by Crippen LogP contribution is 2.30. The van der Waals surface area contributed by atoms with Gasteiger partial charge in [0.05, 0.1) is 28.3 Å². The number of carbonyl (C=O) groups is 1. The lowest BCUT2D eigenvalue weighted by atomic mass is 10.2. The third-order valence-electron chi connectivity index (χ3n) is 5.82. The summed E-state index contributed by atoms with van der Waals surface area (Å²) in [6.07, 6.45) is 0.471. The molecule has 1 aliphatic rings. The molecule has 0 bridgehead atoms. The Bertz CT molecular complexity index is 1330. The summed E-state index contributed by atoms with van der Waals surface area (Å²) in [5, 5.41) is 1.07. The number of carbonyl (C=O) groups excluding carboxylic acids is 1. The predicted octanol–water partition coefficient (Wildman–Crippen LogP) is 3.19. The Morgan fingerprint density at radius 2 is 2.00 bits per heavy atom. The molecule has 1 aliphatic heterocycles. The van der Waals surface area contributed by atoms with E-state index in [1.54, 1.807) is 9.47 Å². The Hall–Kier alpha value is -2.17. The molecule has 0 aliphatic carbocycles. The number of fused-ring (bicyclic) bond motifs is 1. The molecule has 0 saturated carbocycles. The molecule has 1 unspecified atom stereocenters. The number of thiophene rings is 1. The van der Waals surface area contributed by atoms with Gasteiger partial charge in [0, 0.05) is 17.5 Å². The van der Waals surface area contributed by atoms with Crippen LogP contribution in [0.1, 0.15) is 23.8 Å². The van der Waals surface area contributed by atoms with E-state index in [9.17, 15) is 18.0 Å². The molecule has 170 valence electrons. The lowest BCUT2D eigenvalue weighted by molar-refractivity contribution is -0.129. The van der Waals surface area contributed by atoms with Gasteiger partial charge in [0.1, 0.15) is 4.83 Å². The first kappa shape index (κ1) is 23.0. The molecule has 1 fully saturated rings. The molecule has 4 rings (SSSR count). The summed E-state index contributed by atoms with van der Waals surface area (Å²) >= 11 is 2.69. The molecule has 32 heavy (non-hydrogen) atoms. The normalized spacial score (nSPS) is 17.7. The Kier molecular flexibility index (Phi) is 6.46. The maximum atomic E-state index is 13.5. The van der Waals surface area contributed by atoms with E-state index in [2.05, 4.69) is 0 Å². The van der Waals surface area contributed by atoms with Crippen LogP contribution < -0.4 is 5.56 Å². The van der Waals surface area contributed by atoms with E-state index in [1.807, 2.05) is 51.1 Å². The van der Waals surface area contributed by atoms with E-state index in [-0.39, 0.29) is 34.8 Å². The van der Waals surface area contributed by atoms with Crippen molar-refractivity contribution in [3.8, 4) is 5.69 Å². The van der Waals surface area contributed by atoms with Gasteiger partial charge in [0.2, 0.25) is 5.91 Å². The zero-order valence-electron chi connectivity index (χ0n) is 18.2. The van der Waals surface area contributed by atoms with Crippen molar-refractivity contribution < 1.29 is 13.2 Å². The van der Waals surface area contributed by atoms with Crippen molar-refractivity contribution in [1.29, 1.82) is 0 Å². The van der Waals surface area contributed by atoms with E-state index in [1.165, 1.54) is 23.1 Å². The quantitative estimate of drug-likeness (QED) is 0.389. The van der Waals surface area contributed by atoms with Crippen LogP contribution >= 0.6 is 23.1 Å². The van der Waals surface area contributed by atoms with E-state index in [0.717, 1.165) is 10.4 Å². The van der Waals surface area contributed by atoms with Crippen LogP contribution in [0.25, 0.3) is 15.9 Å². The fraction of sp³-hybridized carbons (Fsp3) is 0.409. The van der Waals surface area contributed by atoms with Crippen molar-refractivity contribution in [2.24, 2.45) is 0 Å². The van der Waals surface area contributed by atoms with Gasteiger partial charge in [-0.1, -0.05) is 30.0 Å². The van der Waals surface area contributed by atoms with Crippen LogP contribution in [0, 0.1) is 13.8 Å². The Morgan fingerprint density at radius 1 is 1.28 bits per heavy atom. The minimum Gasteiger partial charge on any atom is -0.338 e. The highest BCUT2D eigenvalue weighted by atomic mass is 32.2. The number of rotatable bonds is 6. The fourth-order valence-electron chi connectivity index (χ4n) is 4.05. The van der Waals surface area contributed by atoms with Gasteiger partial charge in [-0.15, -0.1) is 11.3 Å². The molecule has 10 heteroatoms. The van der Waals surface area contributed by atoms with Gasteiger partial charge in [0.25, 0.3) is 5.56 Å². The van der Waals surface area contributed by atoms with Crippen molar-refractivity contribution in [2.75, 3.05) is 23.8 Å². The Balaban J connectivity index is 1.68. The standard InChI is InChI=1S/C22H25N3O4S3/c1-4-24(17-10-11-32(28,29)13-17)18(26)12-30-22-23-20-19(14(2)15(3)31-20)21(27)25(22)16-8-6-5-7-9-16/h5-9,17H,4,10-13H2,1-3H3. The van der Waals surface area contributed by atoms with Crippen LogP contribution in [0.3, 0.4) is 0 Å². The average Bonchev–Trinajstić information content (AvgIpc) is 3.26. The third-order valence-corrected chi connectivity index (χ3v) is 9.60. The Labute approximate surface area is 195 Å². The summed E-state index contributed by atoms with van der Waals surface area (Å²) in [5.41, 5.74) is 1.48. The highest BCUT2D eigenvalue weighted by Gasteiger charge is 2.34. The molecule has 7 nitrogen and oxygen atoms in total. The molecule has 1 aromatic carbocycles. The number of thioether (sulfide) groups is 1. The molecule has 1 saturated heterocycles. The first-order valence-electron chi connectivity index (χ1n) is 10.4. The third kappa shape index (κ3) is 4.35. The summed E-state index contributed by atoms with van der Waals surface area (Å²) in [4.78, 5) is 34.6. The molecule has 1 atom stereocenters. The summed E-state index contributed by atoms with van der Waals surface area (Å²) in [5.74, 6) is 0.0759. The van der Waals surface area contributed by atoms with Gasteiger partial charge in [-0.05, 0) is 44.9 Å². The topological polar surface area (TPSA) is 89.3 Å². The SMILES string of the molecule is CCN(C(=O)CSc1nc2sc(C)c(C)c2c(=O)n1-c1ccccc1)C1CCS(=O)(=O)C1. The van der Waals surface area contributed by atoms with Crippen LogP contribution in [0.4, 0.5) is 0 Å². The van der Waals surface area contributed by atoms with Crippen molar-refractivity contribution in [1.82, 2.24) is 14.5 Å². The zero-order chi connectivity index (χ0) is 23.0. The van der Waals surface area contributed by atoms with Gasteiger partial charge in [-0.2, -0.15) is 0 Å². The number of nitrogens with zero attached hydrogens (tertiary/aromatic N) is 3. The molecule has 1 amide bonds. The first-order chi connectivity index (χ1) is 15.2. The number of benzene rings is 1. The second kappa shape index (κ2) is 8.99. The lowest BCUT2D eigenvalue weighted by Crippen LogP contribution is -2.42. The van der Waals surface area contributed by atoms with E-state index < -0.39 is 9.84 Å². The number of hydrogen-bond acceptors (Lipinski definition) is 7. The Morgan fingerprint density at radius 3 is 2.62 bits per heavy atom. The second-order valence-electron chi connectivity index (χ2n) is 7.86. The van der Waals surface area contributed by atoms with Crippen molar-refractivity contribution in [3.05, 3.63) is 51.1 Å². The summed E-state index contributed by atoms with van der Waals surface area (Å²) < 4.78 is 25.3. The second-order valence-corrected chi connectivity index (χ2v) is 12.2. The van der Waals surface area contributed by atoms with Crippen molar-refractivity contribution >= 4 is 49.1 Å². The summed E-state index contributed by atoms with van der Waals surface area (Å²) in [6.45, 7) is 6.20. The number of para-hydroxylation sites is 1. The lowest BCUT2D eigenvalue weighted by Gasteiger charge is -2.26. The summed E-state index contributed by atoms with van der Waals surface area (Å²) in [7, 11) is -3.08. The minimum absolute atomic E-state index is 0.0178. The zero-order valence-corrected chi connectivity index (χ0v) is 20.6. The largest absolute Gasteiger partial charge is 0.338 e. The van der Waals surface area contributed by atoms with Gasteiger partial charge in [-0.3, -0.25) is 14.2 Å². The maximum absolute atomic E-state index is 13.5. The van der Waals surface area contributed by atoms with Gasteiger partial charge in [-0.25, -0.2) is 13.4 Å².